The first kappa shape index (κ1) is 23.2. The molecule has 0 aliphatic carbocycles. The minimum absolute atomic E-state index is 0.0434. The van der Waals surface area contributed by atoms with Gasteiger partial charge >= 0.3 is 5.97 Å². The standard InChI is InChI=1S/C22H33N3O3Si/c1-7-27-21(26)20(28-29(5,6)22(2,3)4)19(18-13-14-24-25-16-18)23-15-17-11-9-8-10-12-17/h8-14,16,19-20,23H,7,15H2,1-6H3/t19-,20+/m0/s1. The molecule has 0 radical (unpaired) electrons. The van der Waals surface area contributed by atoms with Crippen LogP contribution in [0.4, 0.5) is 0 Å². The van der Waals surface area contributed by atoms with Gasteiger partial charge in [0.2, 0.25) is 0 Å². The van der Waals surface area contributed by atoms with Gasteiger partial charge in [0.15, 0.2) is 14.4 Å². The summed E-state index contributed by atoms with van der Waals surface area (Å²) in [5, 5.41) is 11.3. The van der Waals surface area contributed by atoms with Gasteiger partial charge in [-0.25, -0.2) is 4.79 Å². The summed E-state index contributed by atoms with van der Waals surface area (Å²) in [6, 6.07) is 11.5. The van der Waals surface area contributed by atoms with Crippen LogP contribution >= 0.6 is 0 Å². The number of rotatable bonds is 9. The topological polar surface area (TPSA) is 73.3 Å². The number of hydrogen-bond donors (Lipinski definition) is 1. The molecule has 0 saturated heterocycles. The number of nitrogens with zero attached hydrogens (tertiary/aromatic N) is 2. The monoisotopic (exact) mass is 415 g/mol. The molecular weight excluding hydrogens is 382 g/mol. The normalized spacial score (nSPS) is 14.3. The molecule has 158 valence electrons. The molecule has 0 amide bonds. The summed E-state index contributed by atoms with van der Waals surface area (Å²) in [6.07, 6.45) is 2.52. The zero-order valence-electron chi connectivity index (χ0n) is 18.3. The van der Waals surface area contributed by atoms with Crippen molar-refractivity contribution >= 4 is 14.3 Å². The summed E-state index contributed by atoms with van der Waals surface area (Å²) in [4.78, 5) is 13.0. The summed E-state index contributed by atoms with van der Waals surface area (Å²) < 4.78 is 12.0. The Labute approximate surface area is 175 Å². The van der Waals surface area contributed by atoms with Crippen molar-refractivity contribution in [2.24, 2.45) is 0 Å². The van der Waals surface area contributed by atoms with E-state index in [1.54, 1.807) is 12.4 Å². The lowest BCUT2D eigenvalue weighted by Crippen LogP contribution is -2.50. The minimum Gasteiger partial charge on any atom is -0.464 e. The molecule has 0 aliphatic heterocycles. The minimum atomic E-state index is -2.24. The van der Waals surface area contributed by atoms with Crippen LogP contribution in [0.1, 0.15) is 44.9 Å². The maximum atomic E-state index is 13.0. The Morgan fingerprint density at radius 3 is 2.38 bits per heavy atom. The van der Waals surface area contributed by atoms with Gasteiger partial charge in [-0.3, -0.25) is 0 Å². The van der Waals surface area contributed by atoms with Crippen molar-refractivity contribution in [3.8, 4) is 0 Å². The van der Waals surface area contributed by atoms with E-state index in [1.807, 2.05) is 43.3 Å². The molecule has 7 heteroatoms. The van der Waals surface area contributed by atoms with E-state index in [1.165, 1.54) is 0 Å². The Bertz CT molecular complexity index is 764. The molecule has 0 spiro atoms. The van der Waals surface area contributed by atoms with E-state index in [9.17, 15) is 4.79 Å². The second kappa shape index (κ2) is 10.1. The van der Waals surface area contributed by atoms with Gasteiger partial charge in [0.25, 0.3) is 0 Å². The molecule has 0 unspecified atom stereocenters. The van der Waals surface area contributed by atoms with Crippen molar-refractivity contribution in [2.75, 3.05) is 6.61 Å². The number of aromatic nitrogens is 2. The van der Waals surface area contributed by atoms with E-state index in [4.69, 9.17) is 9.16 Å². The van der Waals surface area contributed by atoms with Crippen LogP contribution in [0.15, 0.2) is 48.8 Å². The Morgan fingerprint density at radius 2 is 1.83 bits per heavy atom. The molecular formula is C22H33N3O3Si. The van der Waals surface area contributed by atoms with E-state index in [0.29, 0.717) is 13.2 Å². The number of benzene rings is 1. The third-order valence-electron chi connectivity index (χ3n) is 5.38. The van der Waals surface area contributed by atoms with Crippen LogP contribution in [0.3, 0.4) is 0 Å². The maximum absolute atomic E-state index is 13.0. The fourth-order valence-electron chi connectivity index (χ4n) is 2.68. The van der Waals surface area contributed by atoms with Crippen LogP contribution in [0.5, 0.6) is 0 Å². The van der Waals surface area contributed by atoms with Crippen molar-refractivity contribution in [2.45, 2.75) is 64.5 Å². The first-order valence-electron chi connectivity index (χ1n) is 10.0. The summed E-state index contributed by atoms with van der Waals surface area (Å²) in [5.74, 6) is -0.361. The molecule has 0 saturated carbocycles. The van der Waals surface area contributed by atoms with Crippen LogP contribution in [-0.4, -0.2) is 37.2 Å². The average molecular weight is 416 g/mol. The first-order valence-corrected chi connectivity index (χ1v) is 12.9. The smallest absolute Gasteiger partial charge is 0.336 e. The summed E-state index contributed by atoms with van der Waals surface area (Å²) >= 11 is 0. The van der Waals surface area contributed by atoms with Crippen LogP contribution in [-0.2, 0) is 20.5 Å². The van der Waals surface area contributed by atoms with Crippen LogP contribution in [0.25, 0.3) is 0 Å². The molecule has 1 aromatic carbocycles. The third-order valence-corrected chi connectivity index (χ3v) is 9.84. The maximum Gasteiger partial charge on any atom is 0.336 e. The molecule has 2 rings (SSSR count). The number of nitrogens with one attached hydrogen (secondary N) is 1. The Morgan fingerprint density at radius 1 is 1.14 bits per heavy atom. The van der Waals surface area contributed by atoms with Gasteiger partial charge in [0, 0.05) is 12.7 Å². The summed E-state index contributed by atoms with van der Waals surface area (Å²) in [7, 11) is -2.24. The van der Waals surface area contributed by atoms with Gasteiger partial charge < -0.3 is 14.5 Å². The molecule has 29 heavy (non-hydrogen) atoms. The predicted molar refractivity (Wildman–Crippen MR) is 117 cm³/mol. The lowest BCUT2D eigenvalue weighted by molar-refractivity contribution is -0.153. The van der Waals surface area contributed by atoms with Crippen LogP contribution < -0.4 is 5.32 Å². The highest BCUT2D eigenvalue weighted by Crippen LogP contribution is 2.39. The molecule has 1 heterocycles. The third kappa shape index (κ3) is 6.45. The Hall–Kier alpha value is -2.09. The van der Waals surface area contributed by atoms with E-state index in [0.717, 1.165) is 11.1 Å². The van der Waals surface area contributed by atoms with Crippen LogP contribution in [0.2, 0.25) is 18.1 Å². The Balaban J connectivity index is 2.38. The largest absolute Gasteiger partial charge is 0.464 e. The molecule has 0 fully saturated rings. The predicted octanol–water partition coefficient (Wildman–Crippen LogP) is 4.26. The van der Waals surface area contributed by atoms with E-state index in [2.05, 4.69) is 49.4 Å². The fourth-order valence-corrected chi connectivity index (χ4v) is 3.90. The number of ether oxygens (including phenoxy) is 1. The summed E-state index contributed by atoms with van der Waals surface area (Å²) in [6.45, 7) is 13.4. The number of esters is 1. The number of carbonyl (C=O) groups excluding carboxylic acids is 1. The lowest BCUT2D eigenvalue weighted by Gasteiger charge is -2.40. The number of carbonyl (C=O) groups is 1. The molecule has 1 N–H and O–H groups in total. The van der Waals surface area contributed by atoms with E-state index in [-0.39, 0.29) is 11.0 Å². The quantitative estimate of drug-likeness (QED) is 0.487. The SMILES string of the molecule is CCOC(=O)[C@H](O[Si](C)(C)C(C)(C)C)[C@@H](NCc1ccccc1)c1ccnnc1. The summed E-state index contributed by atoms with van der Waals surface area (Å²) in [5.41, 5.74) is 1.96. The highest BCUT2D eigenvalue weighted by molar-refractivity contribution is 6.74. The van der Waals surface area contributed by atoms with Crippen LogP contribution in [0, 0.1) is 0 Å². The number of hydrogen-bond acceptors (Lipinski definition) is 6. The molecule has 2 aromatic rings. The molecule has 1 aromatic heterocycles. The van der Waals surface area contributed by atoms with Crippen molar-refractivity contribution in [1.29, 1.82) is 0 Å². The van der Waals surface area contributed by atoms with E-state index < -0.39 is 20.5 Å². The molecule has 6 nitrogen and oxygen atoms in total. The molecule has 2 atom stereocenters. The zero-order chi connectivity index (χ0) is 21.5. The average Bonchev–Trinajstić information content (AvgIpc) is 2.68. The van der Waals surface area contributed by atoms with Gasteiger partial charge in [0.1, 0.15) is 0 Å². The first-order chi connectivity index (χ1) is 13.7. The van der Waals surface area contributed by atoms with Gasteiger partial charge in [-0.1, -0.05) is 51.1 Å². The van der Waals surface area contributed by atoms with Gasteiger partial charge in [0.05, 0.1) is 18.8 Å². The van der Waals surface area contributed by atoms with Gasteiger partial charge in [-0.15, -0.1) is 0 Å². The van der Waals surface area contributed by atoms with Crippen molar-refractivity contribution in [1.82, 2.24) is 15.5 Å². The highest BCUT2D eigenvalue weighted by Gasteiger charge is 2.44. The van der Waals surface area contributed by atoms with Gasteiger partial charge in [-0.2, -0.15) is 10.2 Å². The second-order valence-corrected chi connectivity index (χ2v) is 13.3. The van der Waals surface area contributed by atoms with Crippen molar-refractivity contribution < 1.29 is 14.0 Å². The highest BCUT2D eigenvalue weighted by atomic mass is 28.4. The zero-order valence-corrected chi connectivity index (χ0v) is 19.3. The van der Waals surface area contributed by atoms with Crippen molar-refractivity contribution in [3.05, 3.63) is 59.9 Å². The molecule has 0 aliphatic rings. The van der Waals surface area contributed by atoms with E-state index >= 15 is 0 Å². The lowest BCUT2D eigenvalue weighted by atomic mass is 10.0. The second-order valence-electron chi connectivity index (χ2n) is 8.57. The van der Waals surface area contributed by atoms with Gasteiger partial charge in [-0.05, 0) is 42.2 Å². The van der Waals surface area contributed by atoms with Crippen molar-refractivity contribution in [3.63, 3.8) is 0 Å². The fraction of sp³-hybridized carbons (Fsp3) is 0.500. The Kier molecular flexibility index (Phi) is 8.07. The molecule has 0 bridgehead atoms.